The lowest BCUT2D eigenvalue weighted by molar-refractivity contribution is 1.28. The van der Waals surface area contributed by atoms with E-state index in [-0.39, 0.29) is 0 Å². The predicted octanol–water partition coefficient (Wildman–Crippen LogP) is 2.54. The summed E-state index contributed by atoms with van der Waals surface area (Å²) in [6, 6.07) is 9.98. The zero-order valence-electron chi connectivity index (χ0n) is 7.45. The fourth-order valence-electron chi connectivity index (χ4n) is 0.837. The zero-order valence-corrected chi connectivity index (χ0v) is 8.27. The Bertz CT molecular complexity index is 293. The van der Waals surface area contributed by atoms with Crippen LogP contribution in [-0.2, 0) is 0 Å². The van der Waals surface area contributed by atoms with Gasteiger partial charge < -0.3 is 5.32 Å². The van der Waals surface area contributed by atoms with Gasteiger partial charge in [0, 0.05) is 6.20 Å². The van der Waals surface area contributed by atoms with Gasteiger partial charge in [-0.15, -0.1) is 0 Å². The Balaban J connectivity index is 2.45. The number of amidine groups is 1. The molecule has 0 aromatic heterocycles. The first-order valence-electron chi connectivity index (χ1n) is 3.93. The molecule has 3 heteroatoms. The van der Waals surface area contributed by atoms with Crippen molar-refractivity contribution in [2.75, 3.05) is 6.26 Å². The molecule has 0 saturated heterocycles. The monoisotopic (exact) mass is 192 g/mol. The third-order valence-corrected chi connectivity index (χ3v) is 2.02. The highest BCUT2D eigenvalue weighted by molar-refractivity contribution is 8.13. The van der Waals surface area contributed by atoms with E-state index >= 15 is 0 Å². The van der Waals surface area contributed by atoms with Crippen molar-refractivity contribution in [2.45, 2.75) is 0 Å². The second-order valence-corrected chi connectivity index (χ2v) is 3.24. The molecule has 0 aliphatic rings. The molecule has 0 amide bonds. The third-order valence-electron chi connectivity index (χ3n) is 1.49. The highest BCUT2D eigenvalue weighted by atomic mass is 32.2. The minimum atomic E-state index is 0.451. The zero-order chi connectivity index (χ0) is 9.52. The summed E-state index contributed by atoms with van der Waals surface area (Å²) in [5.74, 6) is 0. The summed E-state index contributed by atoms with van der Waals surface area (Å²) >= 11 is 1.38. The molecule has 0 unspecified atom stereocenters. The first kappa shape index (κ1) is 9.86. The van der Waals surface area contributed by atoms with Gasteiger partial charge in [-0.3, -0.25) is 5.41 Å². The molecule has 2 N–H and O–H groups in total. The van der Waals surface area contributed by atoms with Crippen molar-refractivity contribution in [2.24, 2.45) is 0 Å². The van der Waals surface area contributed by atoms with Gasteiger partial charge in [0.1, 0.15) is 0 Å². The maximum atomic E-state index is 7.30. The summed E-state index contributed by atoms with van der Waals surface area (Å²) in [6.45, 7) is 0. The van der Waals surface area contributed by atoms with E-state index in [1.165, 1.54) is 11.8 Å². The molecule has 13 heavy (non-hydrogen) atoms. The van der Waals surface area contributed by atoms with Crippen LogP contribution in [0.2, 0.25) is 0 Å². The van der Waals surface area contributed by atoms with Crippen LogP contribution in [0.3, 0.4) is 0 Å². The number of benzene rings is 1. The Labute approximate surface area is 82.6 Å². The number of hydrogen-bond donors (Lipinski definition) is 2. The molecular formula is C10H12N2S. The van der Waals surface area contributed by atoms with Gasteiger partial charge >= 0.3 is 0 Å². The molecule has 0 heterocycles. The predicted molar refractivity (Wildman–Crippen MR) is 59.9 cm³/mol. The molecule has 68 valence electrons. The van der Waals surface area contributed by atoms with Crippen molar-refractivity contribution in [3.63, 3.8) is 0 Å². The molecule has 1 aromatic carbocycles. The SMILES string of the molecule is CSC(=N)NC=Cc1ccccc1. The summed E-state index contributed by atoms with van der Waals surface area (Å²) in [6.07, 6.45) is 5.57. The van der Waals surface area contributed by atoms with E-state index in [9.17, 15) is 0 Å². The standard InChI is InChI=1S/C10H12N2S/c1-13-10(11)12-8-7-9-5-3-2-4-6-9/h2-8H,1H3,(H2,11,12). The van der Waals surface area contributed by atoms with Gasteiger partial charge in [0.15, 0.2) is 5.17 Å². The lowest BCUT2D eigenvalue weighted by atomic mass is 10.2. The number of hydrogen-bond acceptors (Lipinski definition) is 2. The van der Waals surface area contributed by atoms with Gasteiger partial charge in [0.25, 0.3) is 0 Å². The van der Waals surface area contributed by atoms with Crippen LogP contribution in [0.5, 0.6) is 0 Å². The van der Waals surface area contributed by atoms with Gasteiger partial charge in [-0.1, -0.05) is 42.1 Å². The van der Waals surface area contributed by atoms with Gasteiger partial charge in [0.05, 0.1) is 0 Å². The molecule has 0 spiro atoms. The van der Waals surface area contributed by atoms with Gasteiger partial charge in [-0.2, -0.15) is 0 Å². The van der Waals surface area contributed by atoms with E-state index in [1.807, 2.05) is 42.7 Å². The number of nitrogens with one attached hydrogen (secondary N) is 2. The molecule has 0 fully saturated rings. The average molecular weight is 192 g/mol. The van der Waals surface area contributed by atoms with Crippen LogP contribution in [0.1, 0.15) is 5.56 Å². The Hall–Kier alpha value is -1.22. The van der Waals surface area contributed by atoms with E-state index in [0.29, 0.717) is 5.17 Å². The Morgan fingerprint density at radius 2 is 2.08 bits per heavy atom. The van der Waals surface area contributed by atoms with E-state index in [1.54, 1.807) is 6.20 Å². The molecule has 0 atom stereocenters. The smallest absolute Gasteiger partial charge is 0.157 e. The van der Waals surface area contributed by atoms with Crippen LogP contribution in [0.25, 0.3) is 6.08 Å². The minimum absolute atomic E-state index is 0.451. The van der Waals surface area contributed by atoms with Gasteiger partial charge in [-0.05, 0) is 17.9 Å². The summed E-state index contributed by atoms with van der Waals surface area (Å²) in [5.41, 5.74) is 1.13. The van der Waals surface area contributed by atoms with Crippen LogP contribution < -0.4 is 5.32 Å². The molecule has 0 saturated carbocycles. The normalized spacial score (nSPS) is 10.2. The largest absolute Gasteiger partial charge is 0.342 e. The molecule has 0 aliphatic carbocycles. The first-order chi connectivity index (χ1) is 6.33. The van der Waals surface area contributed by atoms with E-state index < -0.39 is 0 Å². The minimum Gasteiger partial charge on any atom is -0.342 e. The highest BCUT2D eigenvalue weighted by Gasteiger charge is 1.86. The summed E-state index contributed by atoms with van der Waals surface area (Å²) < 4.78 is 0. The van der Waals surface area contributed by atoms with Crippen LogP contribution in [0, 0.1) is 5.41 Å². The molecule has 0 radical (unpaired) electrons. The van der Waals surface area contributed by atoms with Crippen molar-refractivity contribution in [1.82, 2.24) is 5.32 Å². The third kappa shape index (κ3) is 3.80. The summed E-state index contributed by atoms with van der Waals surface area (Å²) in [5, 5.41) is 10.6. The second kappa shape index (κ2) is 5.43. The van der Waals surface area contributed by atoms with Crippen molar-refractivity contribution in [3.05, 3.63) is 42.1 Å². The van der Waals surface area contributed by atoms with Crippen LogP contribution in [0.4, 0.5) is 0 Å². The fraction of sp³-hybridized carbons (Fsp3) is 0.100. The highest BCUT2D eigenvalue weighted by Crippen LogP contribution is 2.00. The lowest BCUT2D eigenvalue weighted by Crippen LogP contribution is -2.10. The second-order valence-electron chi connectivity index (χ2n) is 2.42. The Morgan fingerprint density at radius 1 is 1.38 bits per heavy atom. The maximum absolute atomic E-state index is 7.30. The van der Waals surface area contributed by atoms with Crippen LogP contribution in [-0.4, -0.2) is 11.4 Å². The number of thioether (sulfide) groups is 1. The molecular weight excluding hydrogens is 180 g/mol. The van der Waals surface area contributed by atoms with E-state index in [4.69, 9.17) is 5.41 Å². The molecule has 1 rings (SSSR count). The lowest BCUT2D eigenvalue weighted by Gasteiger charge is -1.97. The quantitative estimate of drug-likeness (QED) is 0.558. The molecule has 2 nitrogen and oxygen atoms in total. The summed E-state index contributed by atoms with van der Waals surface area (Å²) in [4.78, 5) is 0. The molecule has 0 aliphatic heterocycles. The number of rotatable bonds is 2. The molecule has 1 aromatic rings. The van der Waals surface area contributed by atoms with Crippen LogP contribution >= 0.6 is 11.8 Å². The topological polar surface area (TPSA) is 35.9 Å². The van der Waals surface area contributed by atoms with E-state index in [2.05, 4.69) is 5.32 Å². The van der Waals surface area contributed by atoms with Crippen LogP contribution in [0.15, 0.2) is 36.5 Å². The average Bonchev–Trinajstić information content (AvgIpc) is 2.19. The van der Waals surface area contributed by atoms with Gasteiger partial charge in [0.2, 0.25) is 0 Å². The fourth-order valence-corrected chi connectivity index (χ4v) is 1.02. The molecule has 0 bridgehead atoms. The Kier molecular flexibility index (Phi) is 4.12. The van der Waals surface area contributed by atoms with Crippen molar-refractivity contribution < 1.29 is 0 Å². The van der Waals surface area contributed by atoms with Crippen molar-refractivity contribution in [3.8, 4) is 0 Å². The van der Waals surface area contributed by atoms with Crippen molar-refractivity contribution in [1.29, 1.82) is 5.41 Å². The maximum Gasteiger partial charge on any atom is 0.157 e. The Morgan fingerprint density at radius 3 is 2.69 bits per heavy atom. The van der Waals surface area contributed by atoms with Gasteiger partial charge in [-0.25, -0.2) is 0 Å². The first-order valence-corrected chi connectivity index (χ1v) is 5.16. The van der Waals surface area contributed by atoms with E-state index in [0.717, 1.165) is 5.56 Å². The summed E-state index contributed by atoms with van der Waals surface area (Å²) in [7, 11) is 0. The van der Waals surface area contributed by atoms with Crippen molar-refractivity contribution >= 4 is 23.0 Å².